The second-order valence-corrected chi connectivity index (χ2v) is 6.45. The zero-order valence-corrected chi connectivity index (χ0v) is 16.4. The van der Waals surface area contributed by atoms with Crippen LogP contribution < -0.4 is 20.1 Å². The molecule has 148 valence electrons. The fourth-order valence-electron chi connectivity index (χ4n) is 2.53. The Kier molecular flexibility index (Phi) is 6.71. The maximum atomic E-state index is 12.1. The van der Waals surface area contributed by atoms with Crippen molar-refractivity contribution in [1.29, 1.82) is 0 Å². The van der Waals surface area contributed by atoms with Crippen molar-refractivity contribution in [3.05, 3.63) is 83.4 Å². The molecule has 0 bridgehead atoms. The predicted octanol–water partition coefficient (Wildman–Crippen LogP) is 4.51. The van der Waals surface area contributed by atoms with Gasteiger partial charge in [0.15, 0.2) is 11.5 Å². The number of hydrogen-bond donors (Lipinski definition) is 2. The van der Waals surface area contributed by atoms with Crippen LogP contribution in [0.4, 0.5) is 5.69 Å². The van der Waals surface area contributed by atoms with E-state index in [1.165, 1.54) is 6.07 Å². The van der Waals surface area contributed by atoms with Crippen molar-refractivity contribution >= 4 is 29.1 Å². The Labute approximate surface area is 173 Å². The van der Waals surface area contributed by atoms with Gasteiger partial charge in [0.05, 0.1) is 13.7 Å². The molecule has 3 aromatic carbocycles. The third-order valence-electron chi connectivity index (χ3n) is 3.93. The van der Waals surface area contributed by atoms with E-state index in [4.69, 9.17) is 21.1 Å². The summed E-state index contributed by atoms with van der Waals surface area (Å²) in [5, 5.41) is 5.72. The number of rotatable bonds is 7. The number of hydrogen-bond acceptors (Lipinski definition) is 4. The fraction of sp³-hybridized carbons (Fsp3) is 0.0909. The van der Waals surface area contributed by atoms with Gasteiger partial charge in [-0.1, -0.05) is 29.8 Å². The van der Waals surface area contributed by atoms with Gasteiger partial charge in [0, 0.05) is 16.3 Å². The SMILES string of the molecule is COc1ccccc1Oc1ccc(NC(=O)CNC(=O)c2cccc(Cl)c2)cc1. The summed E-state index contributed by atoms with van der Waals surface area (Å²) in [7, 11) is 1.58. The van der Waals surface area contributed by atoms with Crippen LogP contribution in [-0.2, 0) is 4.79 Å². The number of halogens is 1. The lowest BCUT2D eigenvalue weighted by atomic mass is 10.2. The van der Waals surface area contributed by atoms with Crippen LogP contribution in [0.25, 0.3) is 0 Å². The first kappa shape index (κ1) is 20.2. The molecule has 3 aromatic rings. The maximum Gasteiger partial charge on any atom is 0.251 e. The molecule has 6 nitrogen and oxygen atoms in total. The average Bonchev–Trinajstić information content (AvgIpc) is 2.74. The molecule has 2 amide bonds. The fourth-order valence-corrected chi connectivity index (χ4v) is 2.72. The Morgan fingerprint density at radius 1 is 0.931 bits per heavy atom. The summed E-state index contributed by atoms with van der Waals surface area (Å²) in [5.41, 5.74) is 0.975. The average molecular weight is 411 g/mol. The van der Waals surface area contributed by atoms with E-state index in [1.807, 2.05) is 18.2 Å². The lowest BCUT2D eigenvalue weighted by molar-refractivity contribution is -0.115. The Morgan fingerprint density at radius 3 is 2.34 bits per heavy atom. The molecule has 0 unspecified atom stereocenters. The molecule has 29 heavy (non-hydrogen) atoms. The van der Waals surface area contributed by atoms with Crippen molar-refractivity contribution < 1.29 is 19.1 Å². The molecule has 0 radical (unpaired) electrons. The zero-order chi connectivity index (χ0) is 20.6. The van der Waals surface area contributed by atoms with Gasteiger partial charge in [-0.3, -0.25) is 9.59 Å². The van der Waals surface area contributed by atoms with Gasteiger partial charge < -0.3 is 20.1 Å². The number of amides is 2. The molecule has 0 aromatic heterocycles. The summed E-state index contributed by atoms with van der Waals surface area (Å²) in [5.74, 6) is 1.10. The molecule has 0 heterocycles. The summed E-state index contributed by atoms with van der Waals surface area (Å²) >= 11 is 5.86. The van der Waals surface area contributed by atoms with Crippen LogP contribution in [0, 0.1) is 0 Å². The van der Waals surface area contributed by atoms with E-state index in [0.717, 1.165) is 0 Å². The second-order valence-electron chi connectivity index (χ2n) is 6.02. The lowest BCUT2D eigenvalue weighted by Gasteiger charge is -2.11. The number of carbonyl (C=O) groups excluding carboxylic acids is 2. The third kappa shape index (κ3) is 5.73. The van der Waals surface area contributed by atoms with E-state index in [1.54, 1.807) is 55.6 Å². The highest BCUT2D eigenvalue weighted by Crippen LogP contribution is 2.31. The molecule has 0 saturated heterocycles. The molecule has 0 aliphatic heterocycles. The van der Waals surface area contributed by atoms with Gasteiger partial charge in [-0.25, -0.2) is 0 Å². The van der Waals surface area contributed by atoms with Crippen molar-refractivity contribution in [3.63, 3.8) is 0 Å². The molecule has 0 atom stereocenters. The number of ether oxygens (including phenoxy) is 2. The van der Waals surface area contributed by atoms with Crippen molar-refractivity contribution in [1.82, 2.24) is 5.32 Å². The van der Waals surface area contributed by atoms with Crippen molar-refractivity contribution in [2.24, 2.45) is 0 Å². The minimum atomic E-state index is -0.372. The van der Waals surface area contributed by atoms with Crippen LogP contribution >= 0.6 is 11.6 Å². The predicted molar refractivity (Wildman–Crippen MR) is 112 cm³/mol. The smallest absolute Gasteiger partial charge is 0.251 e. The minimum Gasteiger partial charge on any atom is -0.493 e. The number of carbonyl (C=O) groups is 2. The molecular weight excluding hydrogens is 392 g/mol. The van der Waals surface area contributed by atoms with E-state index in [0.29, 0.717) is 33.5 Å². The molecule has 0 fully saturated rings. The highest BCUT2D eigenvalue weighted by atomic mass is 35.5. The van der Waals surface area contributed by atoms with E-state index in [-0.39, 0.29) is 18.4 Å². The van der Waals surface area contributed by atoms with Gasteiger partial charge in [-0.2, -0.15) is 0 Å². The lowest BCUT2D eigenvalue weighted by Crippen LogP contribution is -2.32. The summed E-state index contributed by atoms with van der Waals surface area (Å²) < 4.78 is 11.0. The van der Waals surface area contributed by atoms with Crippen LogP contribution in [0.3, 0.4) is 0 Å². The maximum absolute atomic E-state index is 12.1. The molecule has 3 rings (SSSR count). The first-order chi connectivity index (χ1) is 14.0. The molecule has 7 heteroatoms. The van der Waals surface area contributed by atoms with Crippen LogP contribution in [0.1, 0.15) is 10.4 Å². The summed E-state index contributed by atoms with van der Waals surface area (Å²) in [6.07, 6.45) is 0. The van der Waals surface area contributed by atoms with Crippen molar-refractivity contribution in [2.45, 2.75) is 0 Å². The molecule has 0 saturated carbocycles. The number of para-hydroxylation sites is 2. The van der Waals surface area contributed by atoms with E-state index < -0.39 is 0 Å². The number of nitrogens with one attached hydrogen (secondary N) is 2. The van der Waals surface area contributed by atoms with Crippen LogP contribution in [0.2, 0.25) is 5.02 Å². The van der Waals surface area contributed by atoms with E-state index in [2.05, 4.69) is 10.6 Å². The van der Waals surface area contributed by atoms with Crippen LogP contribution in [0.5, 0.6) is 17.2 Å². The molecule has 0 spiro atoms. The third-order valence-corrected chi connectivity index (χ3v) is 4.17. The van der Waals surface area contributed by atoms with Gasteiger partial charge >= 0.3 is 0 Å². The second kappa shape index (κ2) is 9.61. The summed E-state index contributed by atoms with van der Waals surface area (Å²) in [6.45, 7) is -0.162. The van der Waals surface area contributed by atoms with Crippen molar-refractivity contribution in [3.8, 4) is 17.2 Å². The normalized spacial score (nSPS) is 10.1. The Balaban J connectivity index is 1.52. The van der Waals surface area contributed by atoms with Gasteiger partial charge in [-0.15, -0.1) is 0 Å². The monoisotopic (exact) mass is 410 g/mol. The van der Waals surface area contributed by atoms with Gasteiger partial charge in [0.2, 0.25) is 5.91 Å². The minimum absolute atomic E-state index is 0.162. The first-order valence-corrected chi connectivity index (χ1v) is 9.17. The Bertz CT molecular complexity index is 1010. The van der Waals surface area contributed by atoms with Crippen LogP contribution in [0.15, 0.2) is 72.8 Å². The standard InChI is InChI=1S/C22H19ClN2O4/c1-28-19-7-2-3-8-20(19)29-18-11-9-17(10-12-18)25-21(26)14-24-22(27)15-5-4-6-16(23)13-15/h2-13H,14H2,1H3,(H,24,27)(H,25,26). The number of methoxy groups -OCH3 is 1. The van der Waals surface area contributed by atoms with E-state index in [9.17, 15) is 9.59 Å². The largest absolute Gasteiger partial charge is 0.493 e. The Morgan fingerprint density at radius 2 is 1.66 bits per heavy atom. The zero-order valence-electron chi connectivity index (χ0n) is 15.6. The number of benzene rings is 3. The number of anilines is 1. The van der Waals surface area contributed by atoms with Gasteiger partial charge in [0.1, 0.15) is 5.75 Å². The highest BCUT2D eigenvalue weighted by molar-refractivity contribution is 6.31. The quantitative estimate of drug-likeness (QED) is 0.600. The van der Waals surface area contributed by atoms with Gasteiger partial charge in [-0.05, 0) is 54.6 Å². The Hall–Kier alpha value is -3.51. The molecule has 0 aliphatic rings. The molecule has 2 N–H and O–H groups in total. The van der Waals surface area contributed by atoms with Crippen molar-refractivity contribution in [2.75, 3.05) is 19.0 Å². The van der Waals surface area contributed by atoms with Gasteiger partial charge in [0.25, 0.3) is 5.91 Å². The summed E-state index contributed by atoms with van der Waals surface area (Å²) in [4.78, 5) is 24.1. The first-order valence-electron chi connectivity index (χ1n) is 8.80. The van der Waals surface area contributed by atoms with Crippen LogP contribution in [-0.4, -0.2) is 25.5 Å². The van der Waals surface area contributed by atoms with E-state index >= 15 is 0 Å². The molecule has 0 aliphatic carbocycles. The topological polar surface area (TPSA) is 76.7 Å². The highest BCUT2D eigenvalue weighted by Gasteiger charge is 2.09. The molecular formula is C22H19ClN2O4. The summed E-state index contributed by atoms with van der Waals surface area (Å²) in [6, 6.07) is 20.7.